The molecule has 2 aromatic carbocycles. The van der Waals surface area contributed by atoms with Crippen LogP contribution in [0.2, 0.25) is 0 Å². The van der Waals surface area contributed by atoms with Gasteiger partial charge in [0.1, 0.15) is 77.6 Å². The molecule has 6 fully saturated rings. The number of hydrogen-bond donors (Lipinski definition) is 2. The topological polar surface area (TPSA) is 202 Å². The normalized spacial score (nSPS) is 33.5. The number of hydrogen-bond acceptors (Lipinski definition) is 16. The van der Waals surface area contributed by atoms with Crippen molar-refractivity contribution in [3.05, 3.63) is 71.8 Å². The first-order valence-electron chi connectivity index (χ1n) is 26.7. The summed E-state index contributed by atoms with van der Waals surface area (Å²) < 4.78 is 61.4. The van der Waals surface area contributed by atoms with Gasteiger partial charge in [-0.15, -0.1) is 0 Å². The summed E-state index contributed by atoms with van der Waals surface area (Å²) in [5, 5.41) is 11.6. The average Bonchev–Trinajstić information content (AvgIpc) is 4.28. The molecule has 17 nitrogen and oxygen atoms in total. The van der Waals surface area contributed by atoms with Crippen LogP contribution in [0.25, 0.3) is 0 Å². The zero-order chi connectivity index (χ0) is 55.3. The fourth-order valence-electron chi connectivity index (χ4n) is 9.53. The number of nitrogens with one attached hydrogen (secondary N) is 1. The summed E-state index contributed by atoms with van der Waals surface area (Å²) in [5.74, 6) is -1.36. The Kier molecular flexibility index (Phi) is 32.2. The summed E-state index contributed by atoms with van der Waals surface area (Å²) >= 11 is 0. The molecule has 0 aliphatic carbocycles. The van der Waals surface area contributed by atoms with Crippen LogP contribution in [0.4, 0.5) is 0 Å². The van der Waals surface area contributed by atoms with Crippen molar-refractivity contribution in [1.82, 2.24) is 5.32 Å². The van der Waals surface area contributed by atoms with Gasteiger partial charge < -0.3 is 64.0 Å². The number of aliphatic hydroxyl groups excluding tert-OH is 1. The van der Waals surface area contributed by atoms with E-state index in [1.807, 2.05) is 52.0 Å². The average molecular weight is 1080 g/mol. The molecule has 6 aliphatic rings. The first-order chi connectivity index (χ1) is 36.4. The van der Waals surface area contributed by atoms with Crippen molar-refractivity contribution in [2.45, 2.75) is 214 Å². The molecule has 0 saturated carbocycles. The number of amides is 1. The van der Waals surface area contributed by atoms with E-state index in [-0.39, 0.29) is 156 Å². The maximum Gasteiger partial charge on any atom is 1.00 e. The second kappa shape index (κ2) is 36.1. The Bertz CT molecular complexity index is 2060. The Morgan fingerprint density at radius 1 is 0.500 bits per heavy atom. The van der Waals surface area contributed by atoms with Crippen LogP contribution < -0.4 is 34.9 Å². The molecule has 0 unspecified atom stereocenters. The van der Waals surface area contributed by atoms with Crippen molar-refractivity contribution in [3.63, 3.8) is 0 Å². The number of carbonyl (C=O) groups is 4. The molecule has 2 N–H and O–H groups in total. The smallest absolute Gasteiger partial charge is 1.00 e. The molecule has 78 heavy (non-hydrogen) atoms. The van der Waals surface area contributed by atoms with Gasteiger partial charge in [0.25, 0.3) is 0 Å². The second-order valence-corrected chi connectivity index (χ2v) is 19.5. The maximum atomic E-state index is 12.3. The van der Waals surface area contributed by atoms with Gasteiger partial charge in [0, 0.05) is 77.2 Å². The van der Waals surface area contributed by atoms with Gasteiger partial charge in [0.05, 0.1) is 73.5 Å². The third-order valence-corrected chi connectivity index (χ3v) is 13.6. The van der Waals surface area contributed by atoms with E-state index in [0.717, 1.165) is 25.7 Å². The van der Waals surface area contributed by atoms with Gasteiger partial charge >= 0.3 is 47.5 Å². The number of esters is 3. The molecule has 25 heteroatoms. The van der Waals surface area contributed by atoms with E-state index in [4.69, 9.17) is 104 Å². The Morgan fingerprint density at radius 3 is 1.17 bits per heavy atom. The van der Waals surface area contributed by atoms with Crippen molar-refractivity contribution in [2.75, 3.05) is 20.3 Å². The maximum absolute atomic E-state index is 12.3. The number of benzene rings is 2. The number of ether oxygens (including phenoxy) is 11. The molecule has 0 aromatic heterocycles. The summed E-state index contributed by atoms with van der Waals surface area (Å²) in [4.78, 5) is 47.2. The molecule has 14 radical (unpaired) electrons. The van der Waals surface area contributed by atoms with E-state index in [1.165, 1.54) is 7.05 Å². The molecule has 6 aliphatic heterocycles. The fourth-order valence-corrected chi connectivity index (χ4v) is 9.53. The van der Waals surface area contributed by atoms with Crippen molar-refractivity contribution in [3.8, 4) is 0 Å². The van der Waals surface area contributed by atoms with Crippen LogP contribution in [-0.2, 0) is 61.7 Å². The first kappa shape index (κ1) is 69.7. The zero-order valence-corrected chi connectivity index (χ0v) is 48.3. The summed E-state index contributed by atoms with van der Waals surface area (Å²) in [6.45, 7) is 8.55. The van der Waals surface area contributed by atoms with E-state index in [1.54, 1.807) is 36.4 Å². The standard InChI is InChI=1S/C18H22B2O5.C16H25B2NO6.C13H15BO3.C6H11BO2.BH.Na.H/c1-2-12-13(8-16(19)23-12)22-10-15-14(9-17(20)24-15)25-18(21)11-6-4-3-5-7-11;1-3-9-10(6-13(17)23-9)22-8-12-11(7-14(18)24-12)25-16(21)5-4-15(20)19-2;1-2-10-11(8-12(14)16-10)17-13(15)9-6-4-3-5-7-9;1-2-5-4(8)3-6(7)9-5;;;/h3-7,12-17H,2,8-10H2,1H3;9-14H,3-8H2,1-2H3,(H,19,20);3-7,10-12H,2,8H2,1H3;4-6,8H,2-3H2,1H3;1H;;/q;;;;;+1;-1/t12-,13-,14-,15-,16-,17-;9-,10-,11-,12-,13-,14-;10-,11-,12-;4-,5-,6-;;;/m1111.../s1. The van der Waals surface area contributed by atoms with Crippen molar-refractivity contribution in [2.24, 2.45) is 0 Å². The first-order valence-corrected chi connectivity index (χ1v) is 26.7. The molecule has 6 saturated heterocycles. The van der Waals surface area contributed by atoms with Crippen molar-refractivity contribution < 1.29 is 107 Å². The SMILES string of the molecule is [BH].[B][C@H]1C[C@@H](O)[C@@H](CC)O1.[B][C@H]1C[C@@H](OC(=O)c2ccccc2)[C@@H](CC)O1.[B][C@H]1C[C@@H](OC[C@H]2O[C@@H]([B])C[C@H]2OC(=O)CCC(=O)NC)[C@@H](CC)O1.[B][C@H]1C[C@@H](OC[C@H]2O[C@@H]([B])C[C@H]2OC(=O)c2ccccc2)[C@@H](CC)O1.[H-].[Na+]. The third kappa shape index (κ3) is 22.6. The molecule has 410 valence electrons. The van der Waals surface area contributed by atoms with Gasteiger partial charge in [-0.1, -0.05) is 64.1 Å². The van der Waals surface area contributed by atoms with Crippen LogP contribution in [-0.4, -0.2) is 214 Å². The molecule has 0 spiro atoms. The number of carbonyl (C=O) groups excluding carboxylic acids is 4. The van der Waals surface area contributed by atoms with Crippen molar-refractivity contribution in [1.29, 1.82) is 0 Å². The predicted octanol–water partition coefficient (Wildman–Crippen LogP) is -0.225. The minimum Gasteiger partial charge on any atom is -1.00 e. The Labute approximate surface area is 495 Å². The number of aliphatic hydroxyl groups is 1. The fraction of sp³-hybridized carbons (Fsp3) is 0.698. The van der Waals surface area contributed by atoms with E-state index >= 15 is 0 Å². The molecule has 0 bridgehead atoms. The largest absolute Gasteiger partial charge is 1.00 e. The van der Waals surface area contributed by atoms with Gasteiger partial charge in [-0.3, -0.25) is 9.59 Å². The summed E-state index contributed by atoms with van der Waals surface area (Å²) in [7, 11) is 35.9. The van der Waals surface area contributed by atoms with Gasteiger partial charge in [-0.2, -0.15) is 0 Å². The molecule has 2 aromatic rings. The molecular formula is C53H75B7NNaO16. The van der Waals surface area contributed by atoms with Crippen LogP contribution >= 0.6 is 0 Å². The summed E-state index contributed by atoms with van der Waals surface area (Å²) in [5.41, 5.74) is 1.06. The summed E-state index contributed by atoms with van der Waals surface area (Å²) in [6.07, 6.45) is 3.96. The van der Waals surface area contributed by atoms with Crippen LogP contribution in [0.5, 0.6) is 0 Å². The van der Waals surface area contributed by atoms with Gasteiger partial charge in [-0.05, 0) is 69.2 Å². The second-order valence-electron chi connectivity index (χ2n) is 19.5. The van der Waals surface area contributed by atoms with E-state index in [2.05, 4.69) is 5.32 Å². The van der Waals surface area contributed by atoms with Crippen molar-refractivity contribution >= 4 is 79.3 Å². The molecule has 1 amide bonds. The van der Waals surface area contributed by atoms with Gasteiger partial charge in [0.2, 0.25) is 5.91 Å². The van der Waals surface area contributed by atoms with Crippen LogP contribution in [0.15, 0.2) is 60.7 Å². The molecule has 6 heterocycles. The molecule has 8 rings (SSSR count). The Balaban J connectivity index is 0.000000373. The van der Waals surface area contributed by atoms with E-state index < -0.39 is 42.4 Å². The quantitative estimate of drug-likeness (QED) is 0.113. The Hall–Kier alpha value is -2.59. The van der Waals surface area contributed by atoms with Crippen LogP contribution in [0.1, 0.15) is 127 Å². The van der Waals surface area contributed by atoms with E-state index in [0.29, 0.717) is 49.7 Å². The Morgan fingerprint density at radius 2 is 0.821 bits per heavy atom. The van der Waals surface area contributed by atoms with Crippen LogP contribution in [0.3, 0.4) is 0 Å². The molecule has 18 atom stereocenters. The van der Waals surface area contributed by atoms with Gasteiger partial charge in [0.15, 0.2) is 0 Å². The van der Waals surface area contributed by atoms with Crippen LogP contribution in [0, 0.1) is 0 Å². The summed E-state index contributed by atoms with van der Waals surface area (Å²) in [6, 6.07) is 15.7. The minimum absolute atomic E-state index is 0. The number of rotatable bonds is 18. The third-order valence-electron chi connectivity index (χ3n) is 13.6. The van der Waals surface area contributed by atoms with Gasteiger partial charge in [-0.25, -0.2) is 9.59 Å². The predicted molar refractivity (Wildman–Crippen MR) is 294 cm³/mol. The van der Waals surface area contributed by atoms with E-state index in [9.17, 15) is 19.2 Å². The monoisotopic (exact) mass is 1080 g/mol. The minimum atomic E-state index is -0.505. The molecular weight excluding hydrogens is 1010 g/mol. The zero-order valence-electron chi connectivity index (χ0n) is 47.3.